The maximum atomic E-state index is 11.7. The molecule has 0 unspecified atom stereocenters. The summed E-state index contributed by atoms with van der Waals surface area (Å²) in [6, 6.07) is 0. The van der Waals surface area contributed by atoms with E-state index in [4.69, 9.17) is 5.73 Å². The second-order valence-corrected chi connectivity index (χ2v) is 3.71. The van der Waals surface area contributed by atoms with Crippen LogP contribution in [0.3, 0.4) is 0 Å². The van der Waals surface area contributed by atoms with Crippen molar-refractivity contribution in [3.8, 4) is 0 Å². The Bertz CT molecular complexity index is 233. The SMILES string of the molecule is CCN(CC)C(=O)CN(C)C(=O)CCCN.Cl. The third kappa shape index (κ3) is 7.18. The first-order chi connectivity index (χ1) is 7.56. The molecule has 102 valence electrons. The summed E-state index contributed by atoms with van der Waals surface area (Å²) in [5.41, 5.74) is 5.32. The van der Waals surface area contributed by atoms with Crippen LogP contribution in [0, 0.1) is 0 Å². The van der Waals surface area contributed by atoms with E-state index in [0.29, 0.717) is 32.5 Å². The Morgan fingerprint density at radius 2 is 1.65 bits per heavy atom. The minimum atomic E-state index is -0.0223. The predicted octanol–water partition coefficient (Wildman–Crippen LogP) is 0.474. The van der Waals surface area contributed by atoms with Gasteiger partial charge in [-0.2, -0.15) is 0 Å². The average Bonchev–Trinajstić information content (AvgIpc) is 2.27. The number of nitrogens with two attached hydrogens (primary N) is 1. The lowest BCUT2D eigenvalue weighted by atomic mass is 10.3. The Balaban J connectivity index is 0. The summed E-state index contributed by atoms with van der Waals surface area (Å²) in [6.07, 6.45) is 1.08. The molecule has 5 nitrogen and oxygen atoms in total. The second kappa shape index (κ2) is 10.4. The smallest absolute Gasteiger partial charge is 0.242 e. The molecular formula is C11H24ClN3O2. The molecule has 0 rings (SSSR count). The van der Waals surface area contributed by atoms with E-state index in [0.717, 1.165) is 0 Å². The normalized spacial score (nSPS) is 9.41. The Kier molecular flexibility index (Phi) is 11.3. The first-order valence-electron chi connectivity index (χ1n) is 5.78. The minimum absolute atomic E-state index is 0. The van der Waals surface area contributed by atoms with Gasteiger partial charge in [0, 0.05) is 26.6 Å². The largest absolute Gasteiger partial charge is 0.342 e. The lowest BCUT2D eigenvalue weighted by molar-refractivity contribution is -0.139. The molecule has 0 aromatic carbocycles. The molecule has 0 aliphatic carbocycles. The fraction of sp³-hybridized carbons (Fsp3) is 0.818. The molecular weight excluding hydrogens is 242 g/mol. The van der Waals surface area contributed by atoms with E-state index < -0.39 is 0 Å². The first-order valence-corrected chi connectivity index (χ1v) is 5.78. The number of halogens is 1. The summed E-state index contributed by atoms with van der Waals surface area (Å²) >= 11 is 0. The van der Waals surface area contributed by atoms with E-state index in [1.165, 1.54) is 4.90 Å². The molecule has 0 heterocycles. The Morgan fingerprint density at radius 3 is 2.06 bits per heavy atom. The zero-order valence-electron chi connectivity index (χ0n) is 10.9. The van der Waals surface area contributed by atoms with Crippen molar-refractivity contribution in [2.75, 3.05) is 33.2 Å². The van der Waals surface area contributed by atoms with Gasteiger partial charge in [-0.3, -0.25) is 9.59 Å². The second-order valence-electron chi connectivity index (χ2n) is 3.71. The lowest BCUT2D eigenvalue weighted by Crippen LogP contribution is -2.41. The third-order valence-electron chi connectivity index (χ3n) is 2.51. The van der Waals surface area contributed by atoms with Crippen LogP contribution in [0.25, 0.3) is 0 Å². The van der Waals surface area contributed by atoms with Crippen LogP contribution < -0.4 is 5.73 Å². The van der Waals surface area contributed by atoms with Gasteiger partial charge in [0.1, 0.15) is 0 Å². The van der Waals surface area contributed by atoms with Crippen molar-refractivity contribution in [1.82, 2.24) is 9.80 Å². The van der Waals surface area contributed by atoms with E-state index >= 15 is 0 Å². The van der Waals surface area contributed by atoms with Crippen molar-refractivity contribution in [3.63, 3.8) is 0 Å². The highest BCUT2D eigenvalue weighted by atomic mass is 35.5. The number of likely N-dealkylation sites (N-methyl/N-ethyl adjacent to an activating group) is 2. The molecule has 0 saturated heterocycles. The van der Waals surface area contributed by atoms with Crippen LogP contribution in [0.1, 0.15) is 26.7 Å². The summed E-state index contributed by atoms with van der Waals surface area (Å²) in [5.74, 6) is -0.0282. The highest BCUT2D eigenvalue weighted by Crippen LogP contribution is 1.97. The molecule has 0 radical (unpaired) electrons. The zero-order chi connectivity index (χ0) is 12.6. The lowest BCUT2D eigenvalue weighted by Gasteiger charge is -2.23. The molecule has 0 aliphatic heterocycles. The van der Waals surface area contributed by atoms with Crippen molar-refractivity contribution in [3.05, 3.63) is 0 Å². The van der Waals surface area contributed by atoms with Crippen molar-refractivity contribution in [2.45, 2.75) is 26.7 Å². The van der Waals surface area contributed by atoms with Gasteiger partial charge in [-0.25, -0.2) is 0 Å². The summed E-state index contributed by atoms with van der Waals surface area (Å²) < 4.78 is 0. The van der Waals surface area contributed by atoms with E-state index in [1.807, 2.05) is 13.8 Å². The van der Waals surface area contributed by atoms with Crippen molar-refractivity contribution in [1.29, 1.82) is 0 Å². The van der Waals surface area contributed by atoms with E-state index in [9.17, 15) is 9.59 Å². The van der Waals surface area contributed by atoms with Crippen molar-refractivity contribution in [2.24, 2.45) is 5.73 Å². The van der Waals surface area contributed by atoms with Gasteiger partial charge < -0.3 is 15.5 Å². The number of carbonyl (C=O) groups is 2. The summed E-state index contributed by atoms with van der Waals surface area (Å²) in [4.78, 5) is 26.4. The molecule has 0 spiro atoms. The molecule has 0 bridgehead atoms. The van der Waals surface area contributed by atoms with Gasteiger partial charge in [-0.15, -0.1) is 12.4 Å². The van der Waals surface area contributed by atoms with Crippen molar-refractivity contribution < 1.29 is 9.59 Å². The Labute approximate surface area is 110 Å². The summed E-state index contributed by atoms with van der Waals surface area (Å²) in [6.45, 7) is 5.88. The van der Waals surface area contributed by atoms with Crippen molar-refractivity contribution >= 4 is 24.2 Å². The highest BCUT2D eigenvalue weighted by Gasteiger charge is 2.15. The standard InChI is InChI=1S/C11H23N3O2.ClH/c1-4-14(5-2)11(16)9-13(3)10(15)7-6-8-12;/h4-9,12H2,1-3H3;1H. The van der Waals surface area contributed by atoms with Gasteiger partial charge in [0.25, 0.3) is 0 Å². The minimum Gasteiger partial charge on any atom is -0.342 e. The van der Waals surface area contributed by atoms with Crippen LogP contribution >= 0.6 is 12.4 Å². The number of carbonyl (C=O) groups excluding carboxylic acids is 2. The molecule has 0 aliphatic rings. The number of rotatable bonds is 7. The molecule has 17 heavy (non-hydrogen) atoms. The quantitative estimate of drug-likeness (QED) is 0.728. The molecule has 0 aromatic heterocycles. The fourth-order valence-electron chi connectivity index (χ4n) is 1.41. The highest BCUT2D eigenvalue weighted by molar-refractivity contribution is 5.85. The van der Waals surface area contributed by atoms with Gasteiger partial charge in [0.05, 0.1) is 6.54 Å². The molecule has 0 aromatic rings. The molecule has 2 N–H and O–H groups in total. The van der Waals surface area contributed by atoms with E-state index in [2.05, 4.69) is 0 Å². The van der Waals surface area contributed by atoms with E-state index in [1.54, 1.807) is 11.9 Å². The molecule has 0 saturated carbocycles. The van der Waals surface area contributed by atoms with Gasteiger partial charge >= 0.3 is 0 Å². The van der Waals surface area contributed by atoms with Crippen LogP contribution in [0.15, 0.2) is 0 Å². The molecule has 2 amide bonds. The zero-order valence-corrected chi connectivity index (χ0v) is 11.8. The third-order valence-corrected chi connectivity index (χ3v) is 2.51. The van der Waals surface area contributed by atoms with Gasteiger partial charge in [0.2, 0.25) is 11.8 Å². The van der Waals surface area contributed by atoms with Gasteiger partial charge in [-0.1, -0.05) is 0 Å². The monoisotopic (exact) mass is 265 g/mol. The maximum absolute atomic E-state index is 11.7. The van der Waals surface area contributed by atoms with Gasteiger partial charge in [-0.05, 0) is 26.8 Å². The topological polar surface area (TPSA) is 66.6 Å². The van der Waals surface area contributed by atoms with Crippen LogP contribution in [0.2, 0.25) is 0 Å². The van der Waals surface area contributed by atoms with E-state index in [-0.39, 0.29) is 30.8 Å². The van der Waals surface area contributed by atoms with Crippen LogP contribution in [-0.2, 0) is 9.59 Å². The fourth-order valence-corrected chi connectivity index (χ4v) is 1.41. The average molecular weight is 266 g/mol. The number of nitrogens with zero attached hydrogens (tertiary/aromatic N) is 2. The van der Waals surface area contributed by atoms with Crippen LogP contribution in [-0.4, -0.2) is 54.8 Å². The first kappa shape index (κ1) is 18.6. The molecule has 0 fully saturated rings. The maximum Gasteiger partial charge on any atom is 0.242 e. The summed E-state index contributed by atoms with van der Waals surface area (Å²) in [5, 5.41) is 0. The summed E-state index contributed by atoms with van der Waals surface area (Å²) in [7, 11) is 1.65. The number of hydrogen-bond donors (Lipinski definition) is 1. The molecule has 0 atom stereocenters. The Morgan fingerprint density at radius 1 is 1.12 bits per heavy atom. The van der Waals surface area contributed by atoms with Crippen LogP contribution in [0.5, 0.6) is 0 Å². The predicted molar refractivity (Wildman–Crippen MR) is 71.1 cm³/mol. The number of hydrogen-bond acceptors (Lipinski definition) is 3. The number of amides is 2. The van der Waals surface area contributed by atoms with Crippen LogP contribution in [0.4, 0.5) is 0 Å². The molecule has 6 heteroatoms. The van der Waals surface area contributed by atoms with Gasteiger partial charge in [0.15, 0.2) is 0 Å². The Hall–Kier alpha value is -0.810.